The summed E-state index contributed by atoms with van der Waals surface area (Å²) in [5, 5.41) is 10.2. The molecule has 0 aliphatic carbocycles. The Labute approximate surface area is 121 Å². The number of piperidine rings is 1. The van der Waals surface area contributed by atoms with Gasteiger partial charge in [0.2, 0.25) is 0 Å². The molecule has 6 heteroatoms. The molecule has 1 aliphatic rings. The van der Waals surface area contributed by atoms with Gasteiger partial charge < -0.3 is 10.0 Å². The van der Waals surface area contributed by atoms with Gasteiger partial charge in [0.05, 0.1) is 11.3 Å². The molecule has 5 nitrogen and oxygen atoms in total. The van der Waals surface area contributed by atoms with E-state index in [0.29, 0.717) is 12.8 Å². The number of hydrogen-bond donors (Lipinski definition) is 1. The summed E-state index contributed by atoms with van der Waals surface area (Å²) >= 11 is 1.67. The lowest BCUT2D eigenvalue weighted by Crippen LogP contribution is -2.43. The number of carbonyl (C=O) groups is 1. The van der Waals surface area contributed by atoms with Gasteiger partial charge in [-0.2, -0.15) is 0 Å². The predicted octanol–water partition coefficient (Wildman–Crippen LogP) is 2.69. The van der Waals surface area contributed by atoms with Crippen LogP contribution in [0.25, 0.3) is 10.2 Å². The van der Waals surface area contributed by atoms with E-state index >= 15 is 0 Å². The van der Waals surface area contributed by atoms with Crippen LogP contribution in [0.2, 0.25) is 0 Å². The number of fused-ring (bicyclic) bond motifs is 1. The van der Waals surface area contributed by atoms with Crippen molar-refractivity contribution in [2.75, 3.05) is 11.4 Å². The summed E-state index contributed by atoms with van der Waals surface area (Å²) in [6.45, 7) is 4.87. The Bertz CT molecular complexity index is 655. The molecule has 1 fully saturated rings. The SMILES string of the molecule is Cc1cc2c(N3CCC(C(=O)O)CC3C)ncnc2s1. The lowest BCUT2D eigenvalue weighted by Gasteiger charge is -2.37. The van der Waals surface area contributed by atoms with Crippen molar-refractivity contribution in [3.63, 3.8) is 0 Å². The van der Waals surface area contributed by atoms with Crippen LogP contribution in [0, 0.1) is 12.8 Å². The number of carboxylic acid groups (broad SMARTS) is 1. The van der Waals surface area contributed by atoms with E-state index in [2.05, 4.69) is 34.8 Å². The fourth-order valence-corrected chi connectivity index (χ4v) is 3.75. The Morgan fingerprint density at radius 2 is 2.30 bits per heavy atom. The summed E-state index contributed by atoms with van der Waals surface area (Å²) in [5.74, 6) is 0.0224. The second-order valence-corrected chi connectivity index (χ2v) is 6.61. The highest BCUT2D eigenvalue weighted by Gasteiger charge is 2.31. The number of anilines is 1. The van der Waals surface area contributed by atoms with Gasteiger partial charge in [0.15, 0.2) is 0 Å². The number of aliphatic carboxylic acids is 1. The average Bonchev–Trinajstić information content (AvgIpc) is 2.78. The Morgan fingerprint density at radius 3 is 3.00 bits per heavy atom. The number of rotatable bonds is 2. The van der Waals surface area contributed by atoms with Gasteiger partial charge in [-0.3, -0.25) is 4.79 Å². The summed E-state index contributed by atoms with van der Waals surface area (Å²) in [6.07, 6.45) is 2.95. The van der Waals surface area contributed by atoms with E-state index in [-0.39, 0.29) is 12.0 Å². The molecule has 0 amide bonds. The molecule has 3 heterocycles. The minimum absolute atomic E-state index is 0.183. The van der Waals surface area contributed by atoms with Crippen molar-refractivity contribution in [3.8, 4) is 0 Å². The molecule has 2 atom stereocenters. The van der Waals surface area contributed by atoms with Crippen LogP contribution < -0.4 is 4.90 Å². The highest BCUT2D eigenvalue weighted by Crippen LogP contribution is 2.34. The number of thiophene rings is 1. The van der Waals surface area contributed by atoms with E-state index in [9.17, 15) is 4.79 Å². The fourth-order valence-electron chi connectivity index (χ4n) is 2.90. The van der Waals surface area contributed by atoms with Gasteiger partial charge in [-0.05, 0) is 32.8 Å². The lowest BCUT2D eigenvalue weighted by molar-refractivity contribution is -0.142. The molecule has 2 aromatic heterocycles. The number of nitrogens with zero attached hydrogens (tertiary/aromatic N) is 3. The summed E-state index contributed by atoms with van der Waals surface area (Å²) < 4.78 is 0. The van der Waals surface area contributed by atoms with Crippen molar-refractivity contribution in [2.24, 2.45) is 5.92 Å². The number of aryl methyl sites for hydroxylation is 1. The van der Waals surface area contributed by atoms with Gasteiger partial charge in [0.1, 0.15) is 17.0 Å². The third kappa shape index (κ3) is 2.24. The van der Waals surface area contributed by atoms with Gasteiger partial charge in [0.25, 0.3) is 0 Å². The lowest BCUT2D eigenvalue weighted by atomic mass is 9.91. The largest absolute Gasteiger partial charge is 0.481 e. The van der Waals surface area contributed by atoms with Crippen LogP contribution in [0.3, 0.4) is 0 Å². The maximum Gasteiger partial charge on any atom is 0.306 e. The Kier molecular flexibility index (Phi) is 3.33. The molecular weight excluding hydrogens is 274 g/mol. The summed E-state index contributed by atoms with van der Waals surface area (Å²) in [4.78, 5) is 24.3. The van der Waals surface area contributed by atoms with E-state index in [4.69, 9.17) is 5.11 Å². The van der Waals surface area contributed by atoms with Gasteiger partial charge in [-0.1, -0.05) is 0 Å². The highest BCUT2D eigenvalue weighted by atomic mass is 32.1. The first-order valence-electron chi connectivity index (χ1n) is 6.77. The maximum atomic E-state index is 11.1. The van der Waals surface area contributed by atoms with Gasteiger partial charge in [0, 0.05) is 17.5 Å². The summed E-state index contributed by atoms with van der Waals surface area (Å²) in [5.41, 5.74) is 0. The van der Waals surface area contributed by atoms with Gasteiger partial charge in [-0.25, -0.2) is 9.97 Å². The van der Waals surface area contributed by atoms with Crippen molar-refractivity contribution in [2.45, 2.75) is 32.7 Å². The summed E-state index contributed by atoms with van der Waals surface area (Å²) in [6, 6.07) is 2.30. The first kappa shape index (κ1) is 13.3. The van der Waals surface area contributed by atoms with Crippen LogP contribution in [0.4, 0.5) is 5.82 Å². The topological polar surface area (TPSA) is 66.3 Å². The Balaban J connectivity index is 1.94. The molecule has 3 rings (SSSR count). The Hall–Kier alpha value is -1.69. The summed E-state index contributed by atoms with van der Waals surface area (Å²) in [7, 11) is 0. The number of aromatic nitrogens is 2. The maximum absolute atomic E-state index is 11.1. The van der Waals surface area contributed by atoms with Crippen LogP contribution in [0.15, 0.2) is 12.4 Å². The van der Waals surface area contributed by atoms with Crippen molar-refractivity contribution >= 4 is 33.3 Å². The highest BCUT2D eigenvalue weighted by molar-refractivity contribution is 7.18. The van der Waals surface area contributed by atoms with Crippen molar-refractivity contribution in [1.82, 2.24) is 9.97 Å². The third-order valence-electron chi connectivity index (χ3n) is 3.93. The zero-order valence-corrected chi connectivity index (χ0v) is 12.4. The van der Waals surface area contributed by atoms with E-state index in [1.165, 1.54) is 4.88 Å². The fraction of sp³-hybridized carbons (Fsp3) is 0.500. The average molecular weight is 291 g/mol. The molecule has 106 valence electrons. The standard InChI is InChI=1S/C14H17N3O2S/c1-8-5-10(14(18)19)3-4-17(8)12-11-6-9(2)20-13(11)16-7-15-12/h6-8,10H,3-5H2,1-2H3,(H,18,19). The molecule has 20 heavy (non-hydrogen) atoms. The first-order chi connectivity index (χ1) is 9.56. The Morgan fingerprint density at radius 1 is 1.50 bits per heavy atom. The smallest absolute Gasteiger partial charge is 0.306 e. The van der Waals surface area contributed by atoms with Crippen LogP contribution in [0.5, 0.6) is 0 Å². The predicted molar refractivity (Wildman–Crippen MR) is 79.3 cm³/mol. The monoisotopic (exact) mass is 291 g/mol. The second-order valence-electron chi connectivity index (χ2n) is 5.38. The van der Waals surface area contributed by atoms with Crippen molar-refractivity contribution in [1.29, 1.82) is 0 Å². The number of carboxylic acids is 1. The quantitative estimate of drug-likeness (QED) is 0.921. The number of hydrogen-bond acceptors (Lipinski definition) is 5. The van der Waals surface area contributed by atoms with Gasteiger partial charge >= 0.3 is 5.97 Å². The van der Waals surface area contributed by atoms with Crippen LogP contribution >= 0.6 is 11.3 Å². The van der Waals surface area contributed by atoms with E-state index in [1.54, 1.807) is 17.7 Å². The zero-order valence-electron chi connectivity index (χ0n) is 11.5. The van der Waals surface area contributed by atoms with Crippen LogP contribution in [-0.4, -0.2) is 33.6 Å². The first-order valence-corrected chi connectivity index (χ1v) is 7.58. The van der Waals surface area contributed by atoms with E-state index in [0.717, 1.165) is 22.6 Å². The molecule has 1 saturated heterocycles. The van der Waals surface area contributed by atoms with Crippen LogP contribution in [-0.2, 0) is 4.79 Å². The molecule has 0 radical (unpaired) electrons. The molecule has 1 N–H and O–H groups in total. The third-order valence-corrected chi connectivity index (χ3v) is 4.89. The van der Waals surface area contributed by atoms with E-state index < -0.39 is 5.97 Å². The minimum Gasteiger partial charge on any atom is -0.481 e. The molecule has 2 aromatic rings. The zero-order chi connectivity index (χ0) is 14.3. The van der Waals surface area contributed by atoms with Crippen molar-refractivity contribution in [3.05, 3.63) is 17.3 Å². The van der Waals surface area contributed by atoms with Gasteiger partial charge in [-0.15, -0.1) is 11.3 Å². The minimum atomic E-state index is -0.685. The second kappa shape index (κ2) is 5.01. The molecule has 0 bridgehead atoms. The molecule has 0 spiro atoms. The van der Waals surface area contributed by atoms with Crippen LogP contribution in [0.1, 0.15) is 24.6 Å². The van der Waals surface area contributed by atoms with E-state index in [1.807, 2.05) is 0 Å². The molecule has 0 aromatic carbocycles. The molecule has 2 unspecified atom stereocenters. The molecule has 1 aliphatic heterocycles. The van der Waals surface area contributed by atoms with Crippen molar-refractivity contribution < 1.29 is 9.90 Å². The normalized spacial score (nSPS) is 23.2. The molecular formula is C14H17N3O2S. The molecule has 0 saturated carbocycles.